The summed E-state index contributed by atoms with van der Waals surface area (Å²) >= 11 is 0. The molecule has 0 atom stereocenters. The van der Waals surface area contributed by atoms with Crippen LogP contribution in [-0.4, -0.2) is 42.8 Å². The van der Waals surface area contributed by atoms with Crippen LogP contribution >= 0.6 is 0 Å². The third-order valence-electron chi connectivity index (χ3n) is 4.78. The third kappa shape index (κ3) is 4.02. The number of hydrogen-bond donors (Lipinski definition) is 1. The molecule has 0 saturated carbocycles. The second-order valence-electron chi connectivity index (χ2n) is 6.81. The Bertz CT molecular complexity index is 1170. The number of primary amides is 1. The first-order chi connectivity index (χ1) is 14.6. The standard InChI is InChI=1S/C22H20N6O2/c23-20(29)18-14-26-28-19(8-11-25-21(18)28)22(30)27(15-17-7-4-10-24-13-17)12-9-16-5-2-1-3-6-16/h1-8,10-11,13-14H,9,12,15H2,(H2,23,29). The lowest BCUT2D eigenvalue weighted by atomic mass is 10.1. The summed E-state index contributed by atoms with van der Waals surface area (Å²) in [7, 11) is 0. The first-order valence-electron chi connectivity index (χ1n) is 9.48. The number of carbonyl (C=O) groups is 2. The van der Waals surface area contributed by atoms with Gasteiger partial charge < -0.3 is 10.6 Å². The monoisotopic (exact) mass is 400 g/mol. The third-order valence-corrected chi connectivity index (χ3v) is 4.78. The lowest BCUT2D eigenvalue weighted by molar-refractivity contribution is 0.0735. The molecule has 0 saturated heterocycles. The van der Waals surface area contributed by atoms with E-state index in [4.69, 9.17) is 5.73 Å². The number of amides is 2. The summed E-state index contributed by atoms with van der Waals surface area (Å²) in [5.41, 5.74) is 8.19. The van der Waals surface area contributed by atoms with Crippen LogP contribution < -0.4 is 5.73 Å². The molecule has 3 aromatic heterocycles. The van der Waals surface area contributed by atoms with E-state index >= 15 is 0 Å². The van der Waals surface area contributed by atoms with Gasteiger partial charge in [0, 0.05) is 31.7 Å². The molecule has 8 nitrogen and oxygen atoms in total. The summed E-state index contributed by atoms with van der Waals surface area (Å²) in [6, 6.07) is 15.3. The summed E-state index contributed by atoms with van der Waals surface area (Å²) in [4.78, 5) is 35.1. The zero-order chi connectivity index (χ0) is 20.9. The number of nitrogens with zero attached hydrogens (tertiary/aromatic N) is 5. The Kier molecular flexibility index (Phi) is 5.47. The van der Waals surface area contributed by atoms with E-state index in [0.29, 0.717) is 25.2 Å². The van der Waals surface area contributed by atoms with Crippen molar-refractivity contribution in [3.05, 3.63) is 95.7 Å². The number of aromatic nitrogens is 4. The van der Waals surface area contributed by atoms with Gasteiger partial charge in [0.15, 0.2) is 5.65 Å². The summed E-state index contributed by atoms with van der Waals surface area (Å²) in [5, 5.41) is 4.16. The van der Waals surface area contributed by atoms with E-state index in [1.165, 1.54) is 16.9 Å². The van der Waals surface area contributed by atoms with Crippen molar-refractivity contribution < 1.29 is 9.59 Å². The van der Waals surface area contributed by atoms with Gasteiger partial charge in [-0.1, -0.05) is 36.4 Å². The molecular weight excluding hydrogens is 380 g/mol. The van der Waals surface area contributed by atoms with Crippen molar-refractivity contribution in [1.29, 1.82) is 0 Å². The maximum Gasteiger partial charge on any atom is 0.272 e. The van der Waals surface area contributed by atoms with Crippen LogP contribution in [0.1, 0.15) is 32.0 Å². The highest BCUT2D eigenvalue weighted by molar-refractivity contribution is 5.99. The zero-order valence-corrected chi connectivity index (χ0v) is 16.2. The molecule has 0 unspecified atom stereocenters. The minimum atomic E-state index is -0.640. The normalized spacial score (nSPS) is 10.8. The van der Waals surface area contributed by atoms with Crippen LogP contribution in [0.25, 0.3) is 5.65 Å². The van der Waals surface area contributed by atoms with Crippen molar-refractivity contribution in [3.63, 3.8) is 0 Å². The number of pyridine rings is 1. The molecule has 3 heterocycles. The van der Waals surface area contributed by atoms with Gasteiger partial charge in [-0.25, -0.2) is 9.50 Å². The number of nitrogens with two attached hydrogens (primary N) is 1. The van der Waals surface area contributed by atoms with Crippen LogP contribution in [0, 0.1) is 0 Å². The Labute approximate surface area is 173 Å². The summed E-state index contributed by atoms with van der Waals surface area (Å²) < 4.78 is 1.36. The molecule has 1 aromatic carbocycles. The molecule has 4 rings (SSSR count). The van der Waals surface area contributed by atoms with Crippen molar-refractivity contribution in [2.75, 3.05) is 6.54 Å². The quantitative estimate of drug-likeness (QED) is 0.511. The van der Waals surface area contributed by atoms with Gasteiger partial charge in [0.05, 0.1) is 6.20 Å². The second kappa shape index (κ2) is 8.52. The molecule has 0 aliphatic carbocycles. The minimum Gasteiger partial charge on any atom is -0.365 e. The Balaban J connectivity index is 1.66. The number of fused-ring (bicyclic) bond motifs is 1. The summed E-state index contributed by atoms with van der Waals surface area (Å²) in [6.07, 6.45) is 6.95. The van der Waals surface area contributed by atoms with Gasteiger partial charge in [-0.05, 0) is 29.7 Å². The number of rotatable bonds is 7. The lowest BCUT2D eigenvalue weighted by Crippen LogP contribution is -2.34. The lowest BCUT2D eigenvalue weighted by Gasteiger charge is -2.23. The molecule has 0 bridgehead atoms. The average Bonchev–Trinajstić information content (AvgIpc) is 3.22. The van der Waals surface area contributed by atoms with E-state index in [2.05, 4.69) is 15.1 Å². The van der Waals surface area contributed by atoms with Crippen molar-refractivity contribution in [2.24, 2.45) is 5.73 Å². The van der Waals surface area contributed by atoms with Gasteiger partial charge in [-0.15, -0.1) is 0 Å². The highest BCUT2D eigenvalue weighted by Gasteiger charge is 2.22. The maximum atomic E-state index is 13.5. The fraction of sp³-hybridized carbons (Fsp3) is 0.136. The largest absolute Gasteiger partial charge is 0.365 e. The van der Waals surface area contributed by atoms with Crippen LogP contribution in [0.2, 0.25) is 0 Å². The van der Waals surface area contributed by atoms with E-state index in [1.807, 2.05) is 42.5 Å². The first kappa shape index (κ1) is 19.3. The van der Waals surface area contributed by atoms with Gasteiger partial charge in [0.25, 0.3) is 11.8 Å². The Morgan fingerprint density at radius 1 is 0.967 bits per heavy atom. The number of hydrogen-bond acceptors (Lipinski definition) is 5. The topological polar surface area (TPSA) is 106 Å². The van der Waals surface area contributed by atoms with Crippen LogP contribution in [0.3, 0.4) is 0 Å². The molecule has 0 aliphatic heterocycles. The Morgan fingerprint density at radius 2 is 1.77 bits per heavy atom. The van der Waals surface area contributed by atoms with Crippen LogP contribution in [0.15, 0.2) is 73.3 Å². The van der Waals surface area contributed by atoms with Crippen molar-refractivity contribution in [3.8, 4) is 0 Å². The minimum absolute atomic E-state index is 0.174. The van der Waals surface area contributed by atoms with E-state index in [1.54, 1.807) is 23.4 Å². The molecule has 0 aliphatic rings. The van der Waals surface area contributed by atoms with Gasteiger partial charge in [0.1, 0.15) is 11.3 Å². The first-order valence-corrected chi connectivity index (χ1v) is 9.48. The molecule has 150 valence electrons. The summed E-state index contributed by atoms with van der Waals surface area (Å²) in [5.74, 6) is -0.861. The predicted molar refractivity (Wildman–Crippen MR) is 111 cm³/mol. The van der Waals surface area contributed by atoms with Gasteiger partial charge in [-0.2, -0.15) is 5.10 Å². The van der Waals surface area contributed by atoms with E-state index < -0.39 is 5.91 Å². The van der Waals surface area contributed by atoms with Crippen LogP contribution in [-0.2, 0) is 13.0 Å². The number of benzene rings is 1. The smallest absolute Gasteiger partial charge is 0.272 e. The highest BCUT2D eigenvalue weighted by atomic mass is 16.2. The van der Waals surface area contributed by atoms with Crippen molar-refractivity contribution >= 4 is 17.5 Å². The molecule has 8 heteroatoms. The maximum absolute atomic E-state index is 13.5. The molecule has 2 N–H and O–H groups in total. The molecular formula is C22H20N6O2. The predicted octanol–water partition coefficient (Wildman–Crippen LogP) is 2.11. The Morgan fingerprint density at radius 3 is 2.50 bits per heavy atom. The Hall–Kier alpha value is -4.07. The average molecular weight is 400 g/mol. The SMILES string of the molecule is NC(=O)c1cnn2c(C(=O)N(CCc3ccccc3)Cc3cccnc3)ccnc12. The van der Waals surface area contributed by atoms with Crippen LogP contribution in [0.5, 0.6) is 0 Å². The van der Waals surface area contributed by atoms with Gasteiger partial charge in [0.2, 0.25) is 0 Å². The zero-order valence-electron chi connectivity index (χ0n) is 16.2. The fourth-order valence-electron chi connectivity index (χ4n) is 3.26. The van der Waals surface area contributed by atoms with E-state index in [9.17, 15) is 9.59 Å². The molecule has 0 radical (unpaired) electrons. The van der Waals surface area contributed by atoms with E-state index in [-0.39, 0.29) is 17.1 Å². The second-order valence-corrected chi connectivity index (χ2v) is 6.81. The molecule has 0 fully saturated rings. The molecule has 30 heavy (non-hydrogen) atoms. The number of carbonyl (C=O) groups excluding carboxylic acids is 2. The van der Waals surface area contributed by atoms with Crippen molar-refractivity contribution in [1.82, 2.24) is 24.5 Å². The van der Waals surface area contributed by atoms with Gasteiger partial charge in [-0.3, -0.25) is 14.6 Å². The van der Waals surface area contributed by atoms with Crippen molar-refractivity contribution in [2.45, 2.75) is 13.0 Å². The highest BCUT2D eigenvalue weighted by Crippen LogP contribution is 2.14. The fourth-order valence-corrected chi connectivity index (χ4v) is 3.26. The summed E-state index contributed by atoms with van der Waals surface area (Å²) in [6.45, 7) is 0.902. The molecule has 2 amide bonds. The van der Waals surface area contributed by atoms with Crippen LogP contribution in [0.4, 0.5) is 0 Å². The molecule has 4 aromatic rings. The molecule has 0 spiro atoms. The van der Waals surface area contributed by atoms with Gasteiger partial charge >= 0.3 is 0 Å². The van der Waals surface area contributed by atoms with E-state index in [0.717, 1.165) is 11.1 Å².